The molecule has 0 radical (unpaired) electrons. The van der Waals surface area contributed by atoms with Crippen molar-refractivity contribution in [1.29, 1.82) is 0 Å². The van der Waals surface area contributed by atoms with Crippen LogP contribution in [0.5, 0.6) is 0 Å². The second kappa shape index (κ2) is 11.4. The highest BCUT2D eigenvalue weighted by Gasteiger charge is 2.59. The Labute approximate surface area is 221 Å². The van der Waals surface area contributed by atoms with E-state index in [4.69, 9.17) is 9.84 Å². The fourth-order valence-corrected chi connectivity index (χ4v) is 9.74. The predicted molar refractivity (Wildman–Crippen MR) is 148 cm³/mol. The van der Waals surface area contributed by atoms with Crippen molar-refractivity contribution in [2.24, 2.45) is 52.3 Å². The number of carbonyl (C=O) groups is 1. The van der Waals surface area contributed by atoms with Crippen LogP contribution in [0.15, 0.2) is 11.6 Å². The molecule has 4 nitrogen and oxygen atoms in total. The molecule has 0 aliphatic heterocycles. The fourth-order valence-electron chi connectivity index (χ4n) is 9.74. The lowest BCUT2D eigenvalue weighted by molar-refractivity contribution is -0.0583. The molecule has 4 heteroatoms. The number of allylic oxidation sites excluding steroid dienone is 1. The third-order valence-electron chi connectivity index (χ3n) is 11.9. The van der Waals surface area contributed by atoms with Gasteiger partial charge in [0, 0.05) is 13.0 Å². The molecule has 4 rings (SSSR count). The Hall–Kier alpha value is -1.03. The van der Waals surface area contributed by atoms with Crippen molar-refractivity contribution in [2.75, 3.05) is 13.2 Å². The molecule has 0 heterocycles. The van der Waals surface area contributed by atoms with E-state index in [1.807, 2.05) is 0 Å². The average Bonchev–Trinajstić information content (AvgIpc) is 3.20. The third kappa shape index (κ3) is 5.27. The van der Waals surface area contributed by atoms with Crippen LogP contribution in [0.2, 0.25) is 0 Å². The van der Waals surface area contributed by atoms with Crippen LogP contribution < -0.4 is 5.32 Å². The molecule has 3 fully saturated rings. The number of alkyl carbamates (subject to hydrolysis) is 1. The van der Waals surface area contributed by atoms with Gasteiger partial charge in [-0.2, -0.15) is 0 Å². The molecule has 0 spiro atoms. The Balaban J connectivity index is 1.41. The smallest absolute Gasteiger partial charge is 0.407 e. The maximum Gasteiger partial charge on any atom is 0.407 e. The average molecular weight is 502 g/mol. The van der Waals surface area contributed by atoms with Gasteiger partial charge in [0.15, 0.2) is 0 Å². The number of hydrogen-bond acceptors (Lipinski definition) is 3. The van der Waals surface area contributed by atoms with Crippen LogP contribution in [0.3, 0.4) is 0 Å². The molecule has 4 aliphatic carbocycles. The molecule has 0 unspecified atom stereocenters. The van der Waals surface area contributed by atoms with E-state index >= 15 is 0 Å². The maximum atomic E-state index is 12.1. The Morgan fingerprint density at radius 3 is 2.58 bits per heavy atom. The second-order valence-electron chi connectivity index (χ2n) is 13.9. The standard InChI is InChI=1S/C32H55NO3/c1-7-23(21(2)3)9-8-22(4)27-12-13-28-26-11-10-24-20-25(36-30(35)33-18-19-34)14-16-31(24,5)29(26)15-17-32(27,28)6/h10,21-23,25-29,34H,7-9,11-20H2,1-6H3,(H,33,35)/t22-,23-,25+,26+,27-,28+,29+,31+,32-/m1/s1. The first kappa shape index (κ1) is 28.0. The zero-order valence-corrected chi connectivity index (χ0v) is 24.2. The molecule has 0 aromatic rings. The van der Waals surface area contributed by atoms with Gasteiger partial charge in [0.05, 0.1) is 6.61 Å². The molecule has 0 saturated heterocycles. The number of carbonyl (C=O) groups excluding carboxylic acids is 1. The summed E-state index contributed by atoms with van der Waals surface area (Å²) in [6, 6.07) is 0. The first-order chi connectivity index (χ1) is 17.1. The zero-order valence-electron chi connectivity index (χ0n) is 24.2. The summed E-state index contributed by atoms with van der Waals surface area (Å²) in [6.45, 7) is 15.2. The van der Waals surface area contributed by atoms with Crippen molar-refractivity contribution in [3.8, 4) is 0 Å². The van der Waals surface area contributed by atoms with Crippen LogP contribution in [0.25, 0.3) is 0 Å². The molecular weight excluding hydrogens is 446 g/mol. The van der Waals surface area contributed by atoms with Gasteiger partial charge in [-0.25, -0.2) is 4.79 Å². The Bertz CT molecular complexity index is 792. The van der Waals surface area contributed by atoms with E-state index in [0.29, 0.717) is 5.41 Å². The molecule has 206 valence electrons. The molecule has 0 aromatic carbocycles. The van der Waals surface area contributed by atoms with Gasteiger partial charge < -0.3 is 15.2 Å². The summed E-state index contributed by atoms with van der Waals surface area (Å²) >= 11 is 0. The summed E-state index contributed by atoms with van der Waals surface area (Å²) in [6.07, 6.45) is 16.2. The van der Waals surface area contributed by atoms with Gasteiger partial charge in [-0.05, 0) is 104 Å². The monoisotopic (exact) mass is 501 g/mol. The highest BCUT2D eigenvalue weighted by molar-refractivity contribution is 5.67. The minimum absolute atomic E-state index is 0.0251. The molecule has 9 atom stereocenters. The van der Waals surface area contributed by atoms with E-state index < -0.39 is 0 Å². The van der Waals surface area contributed by atoms with Gasteiger partial charge in [0.2, 0.25) is 0 Å². The van der Waals surface area contributed by atoms with Crippen molar-refractivity contribution >= 4 is 6.09 Å². The Morgan fingerprint density at radius 1 is 1.11 bits per heavy atom. The van der Waals surface area contributed by atoms with E-state index in [9.17, 15) is 4.79 Å². The molecular formula is C32H55NO3. The van der Waals surface area contributed by atoms with Gasteiger partial charge in [-0.1, -0.05) is 66.0 Å². The number of fused-ring (bicyclic) bond motifs is 5. The van der Waals surface area contributed by atoms with E-state index in [2.05, 4.69) is 52.9 Å². The van der Waals surface area contributed by atoms with Crippen LogP contribution in [-0.2, 0) is 4.74 Å². The highest BCUT2D eigenvalue weighted by atomic mass is 16.6. The van der Waals surface area contributed by atoms with Crippen LogP contribution in [-0.4, -0.2) is 30.5 Å². The van der Waals surface area contributed by atoms with Crippen LogP contribution >= 0.6 is 0 Å². The normalized spacial score (nSPS) is 39.4. The predicted octanol–water partition coefficient (Wildman–Crippen LogP) is 7.75. The molecule has 1 amide bonds. The lowest BCUT2D eigenvalue weighted by Gasteiger charge is -2.58. The Kier molecular flexibility index (Phi) is 8.85. The zero-order chi connectivity index (χ0) is 26.1. The summed E-state index contributed by atoms with van der Waals surface area (Å²) in [5.74, 6) is 5.94. The van der Waals surface area contributed by atoms with Crippen molar-refractivity contribution in [3.63, 3.8) is 0 Å². The largest absolute Gasteiger partial charge is 0.446 e. The number of rotatable bonds is 9. The highest BCUT2D eigenvalue weighted by Crippen LogP contribution is 2.67. The minimum atomic E-state index is -0.384. The van der Waals surface area contributed by atoms with Crippen LogP contribution in [0, 0.1) is 52.3 Å². The number of amides is 1. The van der Waals surface area contributed by atoms with Crippen LogP contribution in [0.4, 0.5) is 4.79 Å². The molecule has 3 saturated carbocycles. The summed E-state index contributed by atoms with van der Waals surface area (Å²) < 4.78 is 5.71. The van der Waals surface area contributed by atoms with E-state index in [1.54, 1.807) is 5.57 Å². The van der Waals surface area contributed by atoms with Gasteiger partial charge in [0.25, 0.3) is 0 Å². The summed E-state index contributed by atoms with van der Waals surface area (Å²) in [5, 5.41) is 11.6. The molecule has 0 aromatic heterocycles. The summed E-state index contributed by atoms with van der Waals surface area (Å²) in [4.78, 5) is 12.1. The van der Waals surface area contributed by atoms with E-state index in [0.717, 1.165) is 60.7 Å². The van der Waals surface area contributed by atoms with Gasteiger partial charge >= 0.3 is 6.09 Å². The van der Waals surface area contributed by atoms with Crippen molar-refractivity contribution in [3.05, 3.63) is 11.6 Å². The van der Waals surface area contributed by atoms with Crippen molar-refractivity contribution in [2.45, 2.75) is 118 Å². The lowest BCUT2D eigenvalue weighted by atomic mass is 9.47. The number of aliphatic hydroxyl groups is 1. The Morgan fingerprint density at radius 2 is 1.89 bits per heavy atom. The van der Waals surface area contributed by atoms with E-state index in [-0.39, 0.29) is 30.8 Å². The van der Waals surface area contributed by atoms with Crippen molar-refractivity contribution in [1.82, 2.24) is 5.32 Å². The van der Waals surface area contributed by atoms with E-state index in [1.165, 1.54) is 51.4 Å². The van der Waals surface area contributed by atoms with Gasteiger partial charge in [-0.3, -0.25) is 0 Å². The second-order valence-corrected chi connectivity index (χ2v) is 13.9. The SMILES string of the molecule is CC[C@H](CC[C@@H](C)[C@H]1CC[C@H]2[C@@H]3CC=C4C[C@@H](OC(=O)NCCO)CC[C@]4(C)[C@H]3CC[C@]12C)C(C)C. The molecule has 4 aliphatic rings. The number of ether oxygens (including phenoxy) is 1. The maximum absolute atomic E-state index is 12.1. The molecule has 36 heavy (non-hydrogen) atoms. The van der Waals surface area contributed by atoms with Gasteiger partial charge in [0.1, 0.15) is 6.10 Å². The molecule has 2 N–H and O–H groups in total. The van der Waals surface area contributed by atoms with Crippen LogP contribution in [0.1, 0.15) is 112 Å². The third-order valence-corrected chi connectivity index (χ3v) is 11.9. The number of nitrogens with one attached hydrogen (secondary N) is 1. The quantitative estimate of drug-likeness (QED) is 0.318. The molecule has 0 bridgehead atoms. The fraction of sp³-hybridized carbons (Fsp3) is 0.906. The lowest BCUT2D eigenvalue weighted by Crippen LogP contribution is -2.51. The summed E-state index contributed by atoms with van der Waals surface area (Å²) in [5.41, 5.74) is 2.36. The first-order valence-electron chi connectivity index (χ1n) is 15.4. The number of hydrogen-bond donors (Lipinski definition) is 2. The first-order valence-corrected chi connectivity index (χ1v) is 15.4. The summed E-state index contributed by atoms with van der Waals surface area (Å²) in [7, 11) is 0. The minimum Gasteiger partial charge on any atom is -0.446 e. The van der Waals surface area contributed by atoms with Crippen molar-refractivity contribution < 1.29 is 14.6 Å². The topological polar surface area (TPSA) is 58.6 Å². The number of aliphatic hydroxyl groups excluding tert-OH is 1. The van der Waals surface area contributed by atoms with Gasteiger partial charge in [-0.15, -0.1) is 0 Å².